The van der Waals surface area contributed by atoms with Crippen LogP contribution in [0.3, 0.4) is 0 Å². The number of benzene rings is 2. The van der Waals surface area contributed by atoms with E-state index in [1.54, 1.807) is 5.06 Å². The van der Waals surface area contributed by atoms with Crippen LogP contribution < -0.4 is 15.0 Å². The first kappa shape index (κ1) is 14.7. The molecule has 1 fully saturated rings. The van der Waals surface area contributed by atoms with Crippen molar-refractivity contribution in [3.05, 3.63) is 54.6 Å². The molecule has 1 atom stereocenters. The van der Waals surface area contributed by atoms with Gasteiger partial charge in [-0.05, 0) is 43.3 Å². The number of hydrogen-bond donors (Lipinski definition) is 0. The highest BCUT2D eigenvalue weighted by Crippen LogP contribution is 2.46. The highest BCUT2D eigenvalue weighted by atomic mass is 16.9. The Balaban J connectivity index is 1.62. The lowest BCUT2D eigenvalue weighted by Crippen LogP contribution is -2.38. The fraction of sp³-hybridized carbons (Fsp3) is 0.222. The Bertz CT molecular complexity index is 817. The number of hydrazone groups is 1. The van der Waals surface area contributed by atoms with E-state index in [-0.39, 0.29) is 5.91 Å². The number of amides is 1. The summed E-state index contributed by atoms with van der Waals surface area (Å²) in [7, 11) is 3.97. The van der Waals surface area contributed by atoms with Crippen LogP contribution in [0.2, 0.25) is 0 Å². The van der Waals surface area contributed by atoms with Crippen molar-refractivity contribution in [3.63, 3.8) is 0 Å². The van der Waals surface area contributed by atoms with Gasteiger partial charge in [0.15, 0.2) is 0 Å². The summed E-state index contributed by atoms with van der Waals surface area (Å²) in [6.45, 7) is 1.81. The number of carbonyl (C=O) groups excluding carboxylic acids is 1. The van der Waals surface area contributed by atoms with Crippen molar-refractivity contribution >= 4 is 28.7 Å². The summed E-state index contributed by atoms with van der Waals surface area (Å²) in [5.41, 5.74) is 2.18. The van der Waals surface area contributed by atoms with E-state index in [1.165, 1.54) is 5.01 Å². The van der Waals surface area contributed by atoms with Crippen LogP contribution in [0.15, 0.2) is 59.7 Å². The first-order valence-corrected chi connectivity index (χ1v) is 7.76. The number of hydrogen-bond acceptors (Lipinski definition) is 5. The van der Waals surface area contributed by atoms with Crippen LogP contribution >= 0.6 is 0 Å². The Morgan fingerprint density at radius 1 is 1.00 bits per heavy atom. The number of anilines is 3. The molecule has 0 aromatic heterocycles. The van der Waals surface area contributed by atoms with Gasteiger partial charge in [0.25, 0.3) is 0 Å². The van der Waals surface area contributed by atoms with E-state index < -0.39 is 5.72 Å². The summed E-state index contributed by atoms with van der Waals surface area (Å²) in [5, 5.41) is 7.43. The zero-order chi connectivity index (χ0) is 16.9. The summed E-state index contributed by atoms with van der Waals surface area (Å²) in [5.74, 6) is -0.192. The van der Waals surface area contributed by atoms with Gasteiger partial charge in [-0.15, -0.1) is 0 Å². The quantitative estimate of drug-likeness (QED) is 0.815. The molecular weight excluding hydrogens is 304 g/mol. The third kappa shape index (κ3) is 2.00. The van der Waals surface area contributed by atoms with Crippen molar-refractivity contribution in [1.82, 2.24) is 0 Å². The van der Waals surface area contributed by atoms with Gasteiger partial charge >= 0.3 is 11.6 Å². The highest BCUT2D eigenvalue weighted by molar-refractivity contribution is 6.25. The molecule has 0 saturated carbocycles. The number of carbonyl (C=O) groups is 1. The van der Waals surface area contributed by atoms with Gasteiger partial charge < -0.3 is 4.90 Å². The predicted molar refractivity (Wildman–Crippen MR) is 94.1 cm³/mol. The largest absolute Gasteiger partial charge is 0.378 e. The minimum Gasteiger partial charge on any atom is -0.378 e. The third-order valence-electron chi connectivity index (χ3n) is 4.30. The normalized spacial score (nSPS) is 22.1. The Labute approximate surface area is 140 Å². The molecule has 0 bridgehead atoms. The minimum absolute atomic E-state index is 0.192. The Morgan fingerprint density at radius 3 is 2.29 bits per heavy atom. The van der Waals surface area contributed by atoms with Gasteiger partial charge in [-0.1, -0.05) is 18.2 Å². The van der Waals surface area contributed by atoms with E-state index in [4.69, 9.17) is 4.84 Å². The van der Waals surface area contributed by atoms with E-state index in [9.17, 15) is 4.79 Å². The van der Waals surface area contributed by atoms with Crippen LogP contribution in [0.1, 0.15) is 6.92 Å². The molecule has 1 unspecified atom stereocenters. The zero-order valence-electron chi connectivity index (χ0n) is 13.8. The van der Waals surface area contributed by atoms with Crippen molar-refractivity contribution in [3.8, 4) is 0 Å². The van der Waals surface area contributed by atoms with Crippen molar-refractivity contribution in [1.29, 1.82) is 0 Å². The van der Waals surface area contributed by atoms with Gasteiger partial charge in [0.2, 0.25) is 0 Å². The molecule has 0 radical (unpaired) electrons. The van der Waals surface area contributed by atoms with Gasteiger partial charge in [-0.3, -0.25) is 4.79 Å². The minimum atomic E-state index is -1.10. The number of nitrogens with zero attached hydrogens (tertiary/aromatic N) is 4. The molecule has 4 rings (SSSR count). The smallest absolute Gasteiger partial charge is 0.311 e. The molecule has 2 heterocycles. The molecule has 2 aliphatic rings. The second-order valence-corrected chi connectivity index (χ2v) is 6.08. The van der Waals surface area contributed by atoms with Gasteiger partial charge in [-0.2, -0.15) is 10.1 Å². The van der Waals surface area contributed by atoms with Crippen LogP contribution in [0, 0.1) is 0 Å². The lowest BCUT2D eigenvalue weighted by atomic mass is 10.1. The van der Waals surface area contributed by atoms with E-state index in [1.807, 2.05) is 80.5 Å². The Hall–Kier alpha value is -2.86. The van der Waals surface area contributed by atoms with E-state index in [2.05, 4.69) is 5.10 Å². The van der Waals surface area contributed by atoms with Crippen LogP contribution in [-0.4, -0.2) is 31.4 Å². The van der Waals surface area contributed by atoms with Gasteiger partial charge in [-0.25, -0.2) is 9.90 Å². The molecule has 122 valence electrons. The Kier molecular flexibility index (Phi) is 3.11. The lowest BCUT2D eigenvalue weighted by molar-refractivity contribution is -0.120. The molecule has 0 N–H and O–H groups in total. The number of rotatable bonds is 3. The van der Waals surface area contributed by atoms with E-state index in [0.717, 1.165) is 17.1 Å². The second-order valence-electron chi connectivity index (χ2n) is 6.08. The fourth-order valence-electron chi connectivity index (χ4n) is 2.88. The van der Waals surface area contributed by atoms with Gasteiger partial charge in [0.05, 0.1) is 11.4 Å². The first-order valence-electron chi connectivity index (χ1n) is 7.76. The molecule has 6 nitrogen and oxygen atoms in total. The maximum Gasteiger partial charge on any atom is 0.311 e. The van der Waals surface area contributed by atoms with Crippen LogP contribution in [0.5, 0.6) is 0 Å². The summed E-state index contributed by atoms with van der Waals surface area (Å²) >= 11 is 0. The van der Waals surface area contributed by atoms with Crippen molar-refractivity contribution < 1.29 is 9.63 Å². The molecular formula is C18H18N4O2. The molecule has 0 aliphatic carbocycles. The molecule has 2 aromatic rings. The Morgan fingerprint density at radius 2 is 1.67 bits per heavy atom. The topological polar surface area (TPSA) is 51.5 Å². The highest BCUT2D eigenvalue weighted by Gasteiger charge is 2.69. The average molecular weight is 322 g/mol. The monoisotopic (exact) mass is 322 g/mol. The third-order valence-corrected chi connectivity index (χ3v) is 4.30. The van der Waals surface area contributed by atoms with Crippen molar-refractivity contribution in [2.45, 2.75) is 12.6 Å². The predicted octanol–water partition coefficient (Wildman–Crippen LogP) is 2.62. The molecule has 24 heavy (non-hydrogen) atoms. The fourth-order valence-corrected chi connectivity index (χ4v) is 2.88. The van der Waals surface area contributed by atoms with Crippen LogP contribution in [-0.2, 0) is 9.63 Å². The SMILES string of the molecule is CC1=NN(c2ccccc2)C(=O)C12ON2c1ccc(N(C)C)cc1. The second kappa shape index (κ2) is 5.07. The van der Waals surface area contributed by atoms with Crippen LogP contribution in [0.25, 0.3) is 0 Å². The molecule has 1 spiro atoms. The average Bonchev–Trinajstić information content (AvgIpc) is 3.31. The molecule has 2 aromatic carbocycles. The molecule has 1 amide bonds. The lowest BCUT2D eigenvalue weighted by Gasteiger charge is -2.13. The number of para-hydroxylation sites is 1. The van der Waals surface area contributed by atoms with Crippen molar-refractivity contribution in [2.75, 3.05) is 29.1 Å². The number of hydroxylamine groups is 1. The summed E-state index contributed by atoms with van der Waals surface area (Å²) < 4.78 is 0. The van der Waals surface area contributed by atoms with E-state index >= 15 is 0 Å². The maximum atomic E-state index is 12.9. The van der Waals surface area contributed by atoms with Gasteiger partial charge in [0.1, 0.15) is 5.71 Å². The molecule has 2 aliphatic heterocycles. The summed E-state index contributed by atoms with van der Waals surface area (Å²) in [6, 6.07) is 17.2. The first-order chi connectivity index (χ1) is 11.5. The van der Waals surface area contributed by atoms with Crippen molar-refractivity contribution in [2.24, 2.45) is 5.10 Å². The molecule has 1 saturated heterocycles. The zero-order valence-corrected chi connectivity index (χ0v) is 13.8. The van der Waals surface area contributed by atoms with Crippen LogP contribution in [0.4, 0.5) is 17.1 Å². The standard InChI is InChI=1S/C18H18N4O2/c1-13-18(17(23)21(19-13)15-7-5-4-6-8-15)22(24-18)16-11-9-14(10-12-16)20(2)3/h4-12H,1-3H3. The van der Waals surface area contributed by atoms with Gasteiger partial charge in [0, 0.05) is 19.8 Å². The maximum absolute atomic E-state index is 12.9. The molecule has 6 heteroatoms. The summed E-state index contributed by atoms with van der Waals surface area (Å²) in [6.07, 6.45) is 0. The summed E-state index contributed by atoms with van der Waals surface area (Å²) in [4.78, 5) is 20.6. The van der Waals surface area contributed by atoms with E-state index in [0.29, 0.717) is 5.71 Å².